The molecule has 10 nitrogen and oxygen atoms in total. The molecule has 1 N–H and O–H groups in total. The minimum Gasteiger partial charge on any atom is -0.444 e. The zero-order valence-electron chi connectivity index (χ0n) is 16.0. The molecule has 2 heterocycles. The van der Waals surface area contributed by atoms with Gasteiger partial charge >= 0.3 is 5.00 Å². The Morgan fingerprint density at radius 3 is 2.25 bits per heavy atom. The second-order valence-electron chi connectivity index (χ2n) is 6.22. The van der Waals surface area contributed by atoms with E-state index >= 15 is 0 Å². The second kappa shape index (κ2) is 8.91. The number of benzene rings is 2. The number of hydrogen-bond donors (Lipinski definition) is 1. The van der Waals surface area contributed by atoms with Gasteiger partial charge in [0.05, 0.1) is 14.7 Å². The van der Waals surface area contributed by atoms with Gasteiger partial charge in [-0.05, 0) is 30.3 Å². The van der Waals surface area contributed by atoms with Gasteiger partial charge in [-0.25, -0.2) is 4.98 Å². The standard InChI is InChI=1S/C20H12N4O6S2/c25-18(15-10-11-16(31-15)24(28)29)22-20-21-17(12-6-8-13(9-7-12)23(26)27)19(32-20)30-14-4-2-1-3-5-14/h1-11H,(H,21,22,25). The first-order valence-electron chi connectivity index (χ1n) is 8.95. The zero-order valence-corrected chi connectivity index (χ0v) is 17.6. The molecule has 0 saturated heterocycles. The first kappa shape index (κ1) is 21.1. The van der Waals surface area contributed by atoms with Crippen LogP contribution in [-0.2, 0) is 0 Å². The molecule has 0 spiro atoms. The first-order chi connectivity index (χ1) is 15.4. The zero-order chi connectivity index (χ0) is 22.7. The summed E-state index contributed by atoms with van der Waals surface area (Å²) in [5.74, 6) is 0.00410. The summed E-state index contributed by atoms with van der Waals surface area (Å²) in [6.07, 6.45) is 0. The summed E-state index contributed by atoms with van der Waals surface area (Å²) >= 11 is 1.82. The van der Waals surface area contributed by atoms with E-state index in [1.54, 1.807) is 36.4 Å². The van der Waals surface area contributed by atoms with Crippen LogP contribution in [0, 0.1) is 20.2 Å². The molecule has 0 unspecified atom stereocenters. The predicted molar refractivity (Wildman–Crippen MR) is 120 cm³/mol. The molecule has 0 aliphatic carbocycles. The first-order valence-corrected chi connectivity index (χ1v) is 10.6. The van der Waals surface area contributed by atoms with E-state index in [9.17, 15) is 25.0 Å². The Hall–Kier alpha value is -4.16. The van der Waals surface area contributed by atoms with Gasteiger partial charge in [-0.1, -0.05) is 40.9 Å². The Balaban J connectivity index is 1.65. The van der Waals surface area contributed by atoms with Crippen LogP contribution in [0.3, 0.4) is 0 Å². The number of thiophene rings is 1. The molecule has 0 bridgehead atoms. The molecule has 2 aromatic heterocycles. The fourth-order valence-electron chi connectivity index (χ4n) is 2.65. The summed E-state index contributed by atoms with van der Waals surface area (Å²) in [5.41, 5.74) is 0.883. The van der Waals surface area contributed by atoms with E-state index in [0.29, 0.717) is 22.1 Å². The summed E-state index contributed by atoms with van der Waals surface area (Å²) in [6.45, 7) is 0. The number of para-hydroxylation sites is 1. The Morgan fingerprint density at radius 2 is 1.62 bits per heavy atom. The van der Waals surface area contributed by atoms with E-state index in [2.05, 4.69) is 10.3 Å². The summed E-state index contributed by atoms with van der Waals surface area (Å²) in [7, 11) is 0. The van der Waals surface area contributed by atoms with Gasteiger partial charge in [0.15, 0.2) is 5.13 Å². The molecule has 0 radical (unpaired) electrons. The van der Waals surface area contributed by atoms with Gasteiger partial charge in [-0.15, -0.1) is 0 Å². The molecule has 4 rings (SSSR count). The van der Waals surface area contributed by atoms with Crippen LogP contribution in [0.15, 0.2) is 66.7 Å². The monoisotopic (exact) mass is 468 g/mol. The molecule has 12 heteroatoms. The number of thiazole rings is 1. The van der Waals surface area contributed by atoms with E-state index in [1.165, 1.54) is 24.3 Å². The maximum atomic E-state index is 12.5. The minimum absolute atomic E-state index is 0.0673. The molecule has 0 atom stereocenters. The van der Waals surface area contributed by atoms with Crippen LogP contribution in [0.5, 0.6) is 10.8 Å². The number of nitro benzene ring substituents is 1. The minimum atomic E-state index is -0.566. The molecule has 4 aromatic rings. The quantitative estimate of drug-likeness (QED) is 0.270. The number of nitrogens with zero attached hydrogens (tertiary/aromatic N) is 3. The summed E-state index contributed by atoms with van der Waals surface area (Å²) in [4.78, 5) is 37.8. The number of hydrogen-bond acceptors (Lipinski definition) is 9. The molecule has 0 saturated carbocycles. The Kier molecular flexibility index (Phi) is 5.87. The lowest BCUT2D eigenvalue weighted by Gasteiger charge is -2.05. The Morgan fingerprint density at radius 1 is 0.906 bits per heavy atom. The molecule has 0 aliphatic rings. The van der Waals surface area contributed by atoms with Gasteiger partial charge in [0.1, 0.15) is 11.4 Å². The molecule has 1 amide bonds. The smallest absolute Gasteiger partial charge is 0.324 e. The molecule has 32 heavy (non-hydrogen) atoms. The SMILES string of the molecule is O=C(Nc1nc(-c2ccc([N+](=O)[O-])cc2)c(Oc2ccccc2)s1)c1ccc([N+](=O)[O-])s1. The van der Waals surface area contributed by atoms with Crippen molar-refractivity contribution in [2.75, 3.05) is 5.32 Å². The number of non-ortho nitro benzene ring substituents is 1. The maximum absolute atomic E-state index is 12.5. The van der Waals surface area contributed by atoms with Crippen molar-refractivity contribution in [2.24, 2.45) is 0 Å². The fourth-order valence-corrected chi connectivity index (χ4v) is 4.22. The second-order valence-corrected chi connectivity index (χ2v) is 8.25. The van der Waals surface area contributed by atoms with Crippen LogP contribution in [0.2, 0.25) is 0 Å². The normalized spacial score (nSPS) is 10.5. The highest BCUT2D eigenvalue weighted by molar-refractivity contribution is 7.19. The average molecular weight is 468 g/mol. The van der Waals surface area contributed by atoms with Crippen molar-refractivity contribution in [1.29, 1.82) is 0 Å². The molecule has 160 valence electrons. The van der Waals surface area contributed by atoms with Crippen molar-refractivity contribution in [3.05, 3.63) is 91.8 Å². The molecular formula is C20H12N4O6S2. The van der Waals surface area contributed by atoms with E-state index < -0.39 is 15.8 Å². The lowest BCUT2D eigenvalue weighted by Crippen LogP contribution is -2.09. The summed E-state index contributed by atoms with van der Waals surface area (Å²) in [5, 5.41) is 24.9. The van der Waals surface area contributed by atoms with Crippen molar-refractivity contribution in [1.82, 2.24) is 4.98 Å². The summed E-state index contributed by atoms with van der Waals surface area (Å²) < 4.78 is 5.93. The third kappa shape index (κ3) is 4.61. The third-order valence-corrected chi connectivity index (χ3v) is 6.00. The van der Waals surface area contributed by atoms with Crippen LogP contribution in [0.4, 0.5) is 15.8 Å². The summed E-state index contributed by atoms with van der Waals surface area (Å²) in [6, 6.07) is 17.3. The van der Waals surface area contributed by atoms with Crippen molar-refractivity contribution >= 4 is 44.4 Å². The predicted octanol–water partition coefficient (Wildman–Crippen LogP) is 5.73. The van der Waals surface area contributed by atoms with E-state index in [4.69, 9.17) is 4.74 Å². The lowest BCUT2D eigenvalue weighted by molar-refractivity contribution is -0.384. The number of rotatable bonds is 7. The van der Waals surface area contributed by atoms with Crippen LogP contribution in [-0.4, -0.2) is 20.7 Å². The van der Waals surface area contributed by atoms with Crippen molar-refractivity contribution in [3.63, 3.8) is 0 Å². The Bertz CT molecular complexity index is 1300. The number of anilines is 1. The molecule has 0 aliphatic heterocycles. The number of carbonyl (C=O) groups is 1. The van der Waals surface area contributed by atoms with Crippen molar-refractivity contribution < 1.29 is 19.4 Å². The third-order valence-electron chi connectivity index (χ3n) is 4.12. The molecule has 0 fully saturated rings. The highest BCUT2D eigenvalue weighted by Crippen LogP contribution is 2.41. The van der Waals surface area contributed by atoms with Gasteiger partial charge in [0.25, 0.3) is 11.6 Å². The van der Waals surface area contributed by atoms with E-state index in [-0.39, 0.29) is 20.7 Å². The Labute approximate surface area is 188 Å². The van der Waals surface area contributed by atoms with Crippen LogP contribution in [0.1, 0.15) is 9.67 Å². The average Bonchev–Trinajstić information content (AvgIpc) is 3.42. The highest BCUT2D eigenvalue weighted by atomic mass is 32.1. The largest absolute Gasteiger partial charge is 0.444 e. The molecule has 2 aromatic carbocycles. The number of nitrogens with one attached hydrogen (secondary N) is 1. The van der Waals surface area contributed by atoms with Crippen LogP contribution >= 0.6 is 22.7 Å². The van der Waals surface area contributed by atoms with Gasteiger partial charge in [-0.3, -0.25) is 30.3 Å². The van der Waals surface area contributed by atoms with Crippen molar-refractivity contribution in [2.45, 2.75) is 0 Å². The number of amides is 1. The fraction of sp³-hybridized carbons (Fsp3) is 0. The van der Waals surface area contributed by atoms with Crippen molar-refractivity contribution in [3.8, 4) is 22.1 Å². The van der Waals surface area contributed by atoms with E-state index in [0.717, 1.165) is 22.7 Å². The van der Waals surface area contributed by atoms with Gasteiger partial charge in [0.2, 0.25) is 5.06 Å². The van der Waals surface area contributed by atoms with Crippen LogP contribution < -0.4 is 10.1 Å². The van der Waals surface area contributed by atoms with Gasteiger partial charge in [-0.2, -0.15) is 0 Å². The highest BCUT2D eigenvalue weighted by Gasteiger charge is 2.20. The number of ether oxygens (including phenoxy) is 1. The van der Waals surface area contributed by atoms with E-state index in [1.807, 2.05) is 6.07 Å². The number of nitro groups is 2. The maximum Gasteiger partial charge on any atom is 0.324 e. The van der Waals surface area contributed by atoms with Gasteiger partial charge in [0, 0.05) is 23.8 Å². The lowest BCUT2D eigenvalue weighted by atomic mass is 10.1. The molecular weight excluding hydrogens is 456 g/mol. The van der Waals surface area contributed by atoms with Crippen LogP contribution in [0.25, 0.3) is 11.3 Å². The topological polar surface area (TPSA) is 138 Å². The number of carbonyl (C=O) groups excluding carboxylic acids is 1. The number of aromatic nitrogens is 1. The van der Waals surface area contributed by atoms with Gasteiger partial charge < -0.3 is 4.74 Å².